The molecule has 1 radical (unpaired) electrons. The van der Waals surface area contributed by atoms with Crippen LogP contribution in [0.3, 0.4) is 0 Å². The van der Waals surface area contributed by atoms with Gasteiger partial charge in [-0.3, -0.25) is 0 Å². The molecule has 73 valence electrons. The summed E-state index contributed by atoms with van der Waals surface area (Å²) in [6.07, 6.45) is 5.10. The molecule has 0 aliphatic rings. The molecule has 0 aromatic heterocycles. The number of ether oxygens (including phenoxy) is 1. The Morgan fingerprint density at radius 1 is 1.00 bits per heavy atom. The fourth-order valence-electron chi connectivity index (χ4n) is 1.03. The Bertz CT molecular complexity index is 83.9. The summed E-state index contributed by atoms with van der Waals surface area (Å²) < 4.78 is 5.47. The summed E-state index contributed by atoms with van der Waals surface area (Å²) in [7, 11) is 0.0127. The van der Waals surface area contributed by atoms with E-state index >= 15 is 0 Å². The molecule has 0 spiro atoms. The van der Waals surface area contributed by atoms with Crippen LogP contribution in [0.4, 0.5) is 0 Å². The first-order valence-electron chi connectivity index (χ1n) is 5.14. The third-order valence-electron chi connectivity index (χ3n) is 1.86. The van der Waals surface area contributed by atoms with Crippen LogP contribution in [0.1, 0.15) is 32.6 Å². The first-order valence-corrected chi connectivity index (χ1v) is 7.85. The lowest BCUT2D eigenvalue weighted by molar-refractivity contribution is 0.128. The minimum Gasteiger partial charge on any atom is -0.381 e. The maximum Gasteiger partial charge on any atom is 0.0465 e. The van der Waals surface area contributed by atoms with Gasteiger partial charge in [-0.2, -0.15) is 0 Å². The van der Waals surface area contributed by atoms with Gasteiger partial charge in [0, 0.05) is 22.0 Å². The Morgan fingerprint density at radius 3 is 2.25 bits per heavy atom. The summed E-state index contributed by atoms with van der Waals surface area (Å²) in [5, 5.41) is 0. The van der Waals surface area contributed by atoms with Crippen LogP contribution in [0.5, 0.6) is 0 Å². The number of hydrogen-bond donors (Lipinski definition) is 0. The first-order chi connectivity index (χ1) is 5.77. The molecule has 0 bridgehead atoms. The fraction of sp³-hybridized carbons (Fsp3) is 1.00. The normalized spacial score (nSPS) is 11.0. The van der Waals surface area contributed by atoms with Crippen molar-refractivity contribution in [3.05, 3.63) is 0 Å². The highest BCUT2D eigenvalue weighted by Gasteiger charge is 1.95. The molecule has 2 heteroatoms. The van der Waals surface area contributed by atoms with E-state index in [9.17, 15) is 0 Å². The summed E-state index contributed by atoms with van der Waals surface area (Å²) in [5.41, 5.74) is 0. The van der Waals surface area contributed by atoms with E-state index in [1.807, 2.05) is 0 Å². The van der Waals surface area contributed by atoms with Crippen LogP contribution in [0.2, 0.25) is 19.1 Å². The second-order valence-electron chi connectivity index (χ2n) is 3.63. The summed E-state index contributed by atoms with van der Waals surface area (Å²) in [5.74, 6) is 0. The largest absolute Gasteiger partial charge is 0.381 e. The van der Waals surface area contributed by atoms with E-state index in [2.05, 4.69) is 20.0 Å². The van der Waals surface area contributed by atoms with E-state index in [0.29, 0.717) is 0 Å². The summed E-state index contributed by atoms with van der Waals surface area (Å²) in [6, 6.07) is 1.45. The zero-order valence-electron chi connectivity index (χ0n) is 8.86. The lowest BCUT2D eigenvalue weighted by Crippen LogP contribution is -2.01. The quantitative estimate of drug-likeness (QED) is 0.418. The molecule has 0 rings (SSSR count). The second kappa shape index (κ2) is 9.27. The number of unbranched alkanes of at least 4 members (excludes halogenated alkanes) is 2. The van der Waals surface area contributed by atoms with Gasteiger partial charge in [-0.1, -0.05) is 38.9 Å². The zero-order chi connectivity index (χ0) is 9.23. The van der Waals surface area contributed by atoms with Crippen molar-refractivity contribution in [3.8, 4) is 0 Å². The van der Waals surface area contributed by atoms with Crippen molar-refractivity contribution in [3.63, 3.8) is 0 Å². The molecule has 0 saturated heterocycles. The van der Waals surface area contributed by atoms with Crippen LogP contribution in [0.25, 0.3) is 0 Å². The van der Waals surface area contributed by atoms with Gasteiger partial charge in [0.15, 0.2) is 0 Å². The van der Waals surface area contributed by atoms with Crippen LogP contribution in [-0.2, 0) is 4.74 Å². The van der Waals surface area contributed by atoms with Crippen LogP contribution < -0.4 is 0 Å². The molecule has 0 unspecified atom stereocenters. The van der Waals surface area contributed by atoms with Gasteiger partial charge in [-0.05, 0) is 12.8 Å². The minimum atomic E-state index is 0.0127. The standard InChI is InChI=1S/C10H23OSi/c1-4-5-8-11-9-6-7-10-12(2)3/h4-10H2,1-3H3. The Labute approximate surface area is 79.1 Å². The molecule has 0 saturated carbocycles. The van der Waals surface area contributed by atoms with Crippen molar-refractivity contribution in [2.45, 2.75) is 51.7 Å². The third kappa shape index (κ3) is 10.2. The highest BCUT2D eigenvalue weighted by Crippen LogP contribution is 2.01. The summed E-state index contributed by atoms with van der Waals surface area (Å²) in [4.78, 5) is 0. The van der Waals surface area contributed by atoms with Gasteiger partial charge in [0.2, 0.25) is 0 Å². The van der Waals surface area contributed by atoms with Gasteiger partial charge in [-0.25, -0.2) is 0 Å². The maximum atomic E-state index is 5.47. The van der Waals surface area contributed by atoms with Crippen LogP contribution in [-0.4, -0.2) is 22.0 Å². The van der Waals surface area contributed by atoms with Gasteiger partial charge in [0.1, 0.15) is 0 Å². The summed E-state index contributed by atoms with van der Waals surface area (Å²) >= 11 is 0. The molecule has 0 aliphatic heterocycles. The van der Waals surface area contributed by atoms with E-state index in [1.165, 1.54) is 31.7 Å². The van der Waals surface area contributed by atoms with Gasteiger partial charge in [0.05, 0.1) is 0 Å². The molecule has 0 aromatic carbocycles. The number of rotatable bonds is 8. The average molecular weight is 187 g/mol. The molecule has 0 aromatic rings. The van der Waals surface area contributed by atoms with Crippen molar-refractivity contribution in [2.75, 3.05) is 13.2 Å². The monoisotopic (exact) mass is 187 g/mol. The summed E-state index contributed by atoms with van der Waals surface area (Å²) in [6.45, 7) is 8.90. The predicted octanol–water partition coefficient (Wildman–Crippen LogP) is 3.34. The van der Waals surface area contributed by atoms with Crippen molar-refractivity contribution in [2.24, 2.45) is 0 Å². The minimum absolute atomic E-state index is 0.0127. The van der Waals surface area contributed by atoms with Gasteiger partial charge in [0.25, 0.3) is 0 Å². The topological polar surface area (TPSA) is 9.23 Å². The smallest absolute Gasteiger partial charge is 0.0465 e. The van der Waals surface area contributed by atoms with E-state index in [1.54, 1.807) is 0 Å². The van der Waals surface area contributed by atoms with Gasteiger partial charge < -0.3 is 4.74 Å². The SMILES string of the molecule is CCCCOCCCC[Si](C)C. The Morgan fingerprint density at radius 2 is 1.67 bits per heavy atom. The van der Waals surface area contributed by atoms with Crippen LogP contribution in [0, 0.1) is 0 Å². The molecule has 0 heterocycles. The van der Waals surface area contributed by atoms with Crippen LogP contribution in [0.15, 0.2) is 0 Å². The van der Waals surface area contributed by atoms with Crippen molar-refractivity contribution < 1.29 is 4.74 Å². The van der Waals surface area contributed by atoms with Gasteiger partial charge in [-0.15, -0.1) is 0 Å². The van der Waals surface area contributed by atoms with E-state index in [0.717, 1.165) is 13.2 Å². The number of hydrogen-bond acceptors (Lipinski definition) is 1. The molecule has 0 N–H and O–H groups in total. The molecule has 0 atom stereocenters. The molecular formula is C10H23OSi. The van der Waals surface area contributed by atoms with E-state index in [4.69, 9.17) is 4.74 Å². The van der Waals surface area contributed by atoms with Crippen molar-refractivity contribution >= 4 is 8.80 Å². The second-order valence-corrected chi connectivity index (χ2v) is 6.54. The Hall–Kier alpha value is 0.177. The lowest BCUT2D eigenvalue weighted by Gasteiger charge is -2.04. The fourth-order valence-corrected chi connectivity index (χ4v) is 1.99. The Balaban J connectivity index is 2.82. The molecular weight excluding hydrogens is 164 g/mol. The highest BCUT2D eigenvalue weighted by atomic mass is 28.3. The molecule has 0 aliphatic carbocycles. The highest BCUT2D eigenvalue weighted by molar-refractivity contribution is 6.55. The lowest BCUT2D eigenvalue weighted by atomic mass is 10.3. The van der Waals surface area contributed by atoms with E-state index < -0.39 is 0 Å². The molecule has 0 fully saturated rings. The zero-order valence-corrected chi connectivity index (χ0v) is 9.86. The Kier molecular flexibility index (Phi) is 9.40. The first kappa shape index (κ1) is 12.2. The third-order valence-corrected chi connectivity index (χ3v) is 3.21. The van der Waals surface area contributed by atoms with Crippen molar-refractivity contribution in [1.82, 2.24) is 0 Å². The van der Waals surface area contributed by atoms with Crippen LogP contribution >= 0.6 is 0 Å². The molecule has 1 nitrogen and oxygen atoms in total. The maximum absolute atomic E-state index is 5.47. The predicted molar refractivity (Wildman–Crippen MR) is 57.3 cm³/mol. The van der Waals surface area contributed by atoms with E-state index in [-0.39, 0.29) is 8.80 Å². The van der Waals surface area contributed by atoms with Gasteiger partial charge >= 0.3 is 0 Å². The molecule has 12 heavy (non-hydrogen) atoms. The molecule has 0 amide bonds. The van der Waals surface area contributed by atoms with Crippen molar-refractivity contribution in [1.29, 1.82) is 0 Å². The average Bonchev–Trinajstić information content (AvgIpc) is 2.02.